The molecule has 0 aliphatic rings. The van der Waals surface area contributed by atoms with E-state index in [9.17, 15) is 4.79 Å². The monoisotopic (exact) mass is 329 g/mol. The molecule has 0 unspecified atom stereocenters. The van der Waals surface area contributed by atoms with Crippen molar-refractivity contribution in [3.8, 4) is 0 Å². The zero-order chi connectivity index (χ0) is 17.5. The Morgan fingerprint density at radius 3 is 1.76 bits per heavy atom. The van der Waals surface area contributed by atoms with Crippen molar-refractivity contribution in [2.45, 2.75) is 6.92 Å². The summed E-state index contributed by atoms with van der Waals surface area (Å²) in [6.45, 7) is 1.43. The molecule has 3 rings (SSSR count). The summed E-state index contributed by atoms with van der Waals surface area (Å²) in [4.78, 5) is 13.0. The lowest BCUT2D eigenvalue weighted by atomic mass is 10.1. The standard InChI is InChI=1S/C21H19N3O/c1-17(25)23-22-16-18-12-14-21(15-13-18)24(19-8-4-2-5-9-19)20-10-6-3-7-11-20/h2-16H,1H3,(H,23,25)/b22-16+. The number of rotatable bonds is 5. The number of para-hydroxylation sites is 2. The third-order valence-electron chi connectivity index (χ3n) is 3.62. The van der Waals surface area contributed by atoms with Crippen LogP contribution in [0.5, 0.6) is 0 Å². The van der Waals surface area contributed by atoms with Crippen LogP contribution in [-0.2, 0) is 4.79 Å². The molecular formula is C21H19N3O. The van der Waals surface area contributed by atoms with Gasteiger partial charge in [0.05, 0.1) is 6.21 Å². The van der Waals surface area contributed by atoms with Gasteiger partial charge in [-0.15, -0.1) is 0 Å². The highest BCUT2D eigenvalue weighted by atomic mass is 16.2. The summed E-state index contributed by atoms with van der Waals surface area (Å²) in [7, 11) is 0. The lowest BCUT2D eigenvalue weighted by Crippen LogP contribution is -2.12. The molecule has 3 aromatic rings. The fraction of sp³-hybridized carbons (Fsp3) is 0.0476. The van der Waals surface area contributed by atoms with Crippen molar-refractivity contribution >= 4 is 29.2 Å². The van der Waals surface area contributed by atoms with E-state index in [1.807, 2.05) is 60.7 Å². The topological polar surface area (TPSA) is 44.7 Å². The maximum Gasteiger partial charge on any atom is 0.236 e. The molecule has 0 heterocycles. The van der Waals surface area contributed by atoms with Crippen LogP contribution < -0.4 is 10.3 Å². The predicted molar refractivity (Wildman–Crippen MR) is 103 cm³/mol. The Balaban J connectivity index is 1.92. The van der Waals surface area contributed by atoms with Crippen LogP contribution in [0.25, 0.3) is 0 Å². The normalized spacial score (nSPS) is 10.6. The maximum atomic E-state index is 10.9. The Hall–Kier alpha value is -3.40. The highest BCUT2D eigenvalue weighted by Crippen LogP contribution is 2.33. The van der Waals surface area contributed by atoms with Crippen molar-refractivity contribution in [2.75, 3.05) is 4.90 Å². The molecule has 3 aromatic carbocycles. The quantitative estimate of drug-likeness (QED) is 0.548. The Bertz CT molecular complexity index is 804. The maximum absolute atomic E-state index is 10.9. The van der Waals surface area contributed by atoms with E-state index < -0.39 is 0 Å². The van der Waals surface area contributed by atoms with Gasteiger partial charge in [-0.3, -0.25) is 4.79 Å². The van der Waals surface area contributed by atoms with Crippen LogP contribution in [0.3, 0.4) is 0 Å². The smallest absolute Gasteiger partial charge is 0.236 e. The molecule has 0 saturated heterocycles. The highest BCUT2D eigenvalue weighted by Gasteiger charge is 2.11. The van der Waals surface area contributed by atoms with Crippen LogP contribution in [0.15, 0.2) is 90.0 Å². The number of nitrogens with one attached hydrogen (secondary N) is 1. The van der Waals surface area contributed by atoms with E-state index in [1.54, 1.807) is 6.21 Å². The zero-order valence-electron chi connectivity index (χ0n) is 14.0. The zero-order valence-corrected chi connectivity index (χ0v) is 14.0. The Labute approximate surface area is 147 Å². The van der Waals surface area contributed by atoms with Gasteiger partial charge in [0.25, 0.3) is 0 Å². The first-order valence-electron chi connectivity index (χ1n) is 8.04. The molecule has 1 N–H and O–H groups in total. The number of hydrogen-bond donors (Lipinski definition) is 1. The van der Waals surface area contributed by atoms with Gasteiger partial charge in [-0.2, -0.15) is 5.10 Å². The number of hydrazone groups is 1. The predicted octanol–water partition coefficient (Wildman–Crippen LogP) is 4.63. The number of benzene rings is 3. The Morgan fingerprint density at radius 2 is 1.28 bits per heavy atom. The van der Waals surface area contributed by atoms with Gasteiger partial charge >= 0.3 is 0 Å². The van der Waals surface area contributed by atoms with Crippen molar-refractivity contribution in [1.82, 2.24) is 5.43 Å². The number of amides is 1. The summed E-state index contributed by atoms with van der Waals surface area (Å²) >= 11 is 0. The largest absolute Gasteiger partial charge is 0.311 e. The Morgan fingerprint density at radius 1 is 0.800 bits per heavy atom. The molecule has 0 bridgehead atoms. The van der Waals surface area contributed by atoms with E-state index in [2.05, 4.69) is 39.7 Å². The van der Waals surface area contributed by atoms with Crippen molar-refractivity contribution in [3.63, 3.8) is 0 Å². The molecule has 124 valence electrons. The van der Waals surface area contributed by atoms with E-state index in [-0.39, 0.29) is 5.91 Å². The van der Waals surface area contributed by atoms with E-state index >= 15 is 0 Å². The van der Waals surface area contributed by atoms with Crippen molar-refractivity contribution < 1.29 is 4.79 Å². The summed E-state index contributed by atoms with van der Waals surface area (Å²) in [6.07, 6.45) is 1.63. The Kier molecular flexibility index (Phi) is 5.22. The molecule has 25 heavy (non-hydrogen) atoms. The van der Waals surface area contributed by atoms with E-state index in [1.165, 1.54) is 6.92 Å². The van der Waals surface area contributed by atoms with Gasteiger partial charge in [0.2, 0.25) is 5.91 Å². The van der Waals surface area contributed by atoms with Crippen molar-refractivity contribution in [2.24, 2.45) is 5.10 Å². The number of carbonyl (C=O) groups is 1. The van der Waals surface area contributed by atoms with Crippen molar-refractivity contribution in [1.29, 1.82) is 0 Å². The molecule has 0 aliphatic carbocycles. The van der Waals surface area contributed by atoms with Gasteiger partial charge < -0.3 is 4.90 Å². The molecule has 4 heteroatoms. The van der Waals surface area contributed by atoms with Crippen LogP contribution in [0.4, 0.5) is 17.1 Å². The van der Waals surface area contributed by atoms with Gasteiger partial charge in [-0.05, 0) is 42.0 Å². The first-order valence-corrected chi connectivity index (χ1v) is 8.04. The van der Waals surface area contributed by atoms with Crippen molar-refractivity contribution in [3.05, 3.63) is 90.5 Å². The molecule has 0 aliphatic heterocycles. The van der Waals surface area contributed by atoms with Gasteiger partial charge in [-0.1, -0.05) is 48.5 Å². The fourth-order valence-electron chi connectivity index (χ4n) is 2.51. The molecule has 0 spiro atoms. The molecule has 0 saturated carbocycles. The SMILES string of the molecule is CC(=O)N/N=C/c1ccc(N(c2ccccc2)c2ccccc2)cc1. The van der Waals surface area contributed by atoms with Gasteiger partial charge in [0.15, 0.2) is 0 Å². The van der Waals surface area contributed by atoms with Crippen LogP contribution >= 0.6 is 0 Å². The number of carbonyl (C=O) groups excluding carboxylic acids is 1. The first-order chi connectivity index (χ1) is 12.2. The third kappa shape index (κ3) is 4.32. The number of hydrogen-bond acceptors (Lipinski definition) is 3. The summed E-state index contributed by atoms with van der Waals surface area (Å²) in [5.74, 6) is -0.188. The second kappa shape index (κ2) is 7.93. The molecule has 0 aromatic heterocycles. The van der Waals surface area contributed by atoms with Crippen LogP contribution in [0.1, 0.15) is 12.5 Å². The molecule has 4 nitrogen and oxygen atoms in total. The average Bonchev–Trinajstić information content (AvgIpc) is 2.65. The molecule has 1 amide bonds. The van der Waals surface area contributed by atoms with Crippen LogP contribution in [0.2, 0.25) is 0 Å². The number of anilines is 3. The summed E-state index contributed by atoms with van der Waals surface area (Å²) < 4.78 is 0. The van der Waals surface area contributed by atoms with E-state index in [0.717, 1.165) is 22.6 Å². The summed E-state index contributed by atoms with van der Waals surface area (Å²) in [5.41, 5.74) is 6.55. The average molecular weight is 329 g/mol. The van der Waals surface area contributed by atoms with Crippen LogP contribution in [-0.4, -0.2) is 12.1 Å². The minimum atomic E-state index is -0.188. The first kappa shape index (κ1) is 16.5. The van der Waals surface area contributed by atoms with E-state index in [4.69, 9.17) is 0 Å². The lowest BCUT2D eigenvalue weighted by molar-refractivity contribution is -0.118. The summed E-state index contributed by atoms with van der Waals surface area (Å²) in [5, 5.41) is 3.89. The molecule has 0 fully saturated rings. The minimum absolute atomic E-state index is 0.188. The van der Waals surface area contributed by atoms with Gasteiger partial charge in [0, 0.05) is 24.0 Å². The molecule has 0 atom stereocenters. The number of nitrogens with zero attached hydrogens (tertiary/aromatic N) is 2. The molecular weight excluding hydrogens is 310 g/mol. The second-order valence-electron chi connectivity index (χ2n) is 5.52. The summed E-state index contributed by atoms with van der Waals surface area (Å²) in [6, 6.07) is 28.5. The van der Waals surface area contributed by atoms with Gasteiger partial charge in [-0.25, -0.2) is 5.43 Å². The third-order valence-corrected chi connectivity index (χ3v) is 3.62. The van der Waals surface area contributed by atoms with Crippen LogP contribution in [0, 0.1) is 0 Å². The minimum Gasteiger partial charge on any atom is -0.311 e. The van der Waals surface area contributed by atoms with E-state index in [0.29, 0.717) is 0 Å². The lowest BCUT2D eigenvalue weighted by Gasteiger charge is -2.25. The second-order valence-corrected chi connectivity index (χ2v) is 5.52. The van der Waals surface area contributed by atoms with Gasteiger partial charge in [0.1, 0.15) is 0 Å². The molecule has 0 radical (unpaired) electrons. The highest BCUT2D eigenvalue weighted by molar-refractivity contribution is 5.83. The fourth-order valence-corrected chi connectivity index (χ4v) is 2.51.